The monoisotopic (exact) mass is 213 g/mol. The maximum absolute atomic E-state index is 5.75. The molecule has 78 valence electrons. The van der Waals surface area contributed by atoms with Gasteiger partial charge in [-0.15, -0.1) is 0 Å². The van der Waals surface area contributed by atoms with Gasteiger partial charge in [-0.25, -0.2) is 4.98 Å². The molecule has 0 amide bonds. The Morgan fingerprint density at radius 1 is 1.43 bits per heavy atom. The fourth-order valence-electron chi connectivity index (χ4n) is 1.06. The van der Waals surface area contributed by atoms with Crippen molar-refractivity contribution >= 4 is 17.3 Å². The Kier molecular flexibility index (Phi) is 3.72. The quantitative estimate of drug-likeness (QED) is 0.757. The predicted octanol–water partition coefficient (Wildman–Crippen LogP) is 2.19. The molecule has 0 saturated heterocycles. The van der Waals surface area contributed by atoms with Crippen LogP contribution in [0.5, 0.6) is 0 Å². The number of nitrogens with zero attached hydrogens (tertiary/aromatic N) is 1. The van der Waals surface area contributed by atoms with Gasteiger partial charge in [0.15, 0.2) is 0 Å². The van der Waals surface area contributed by atoms with Crippen molar-refractivity contribution in [3.8, 4) is 0 Å². The van der Waals surface area contributed by atoms with E-state index in [-0.39, 0.29) is 12.1 Å². The Morgan fingerprint density at radius 3 is 2.57 bits per heavy atom. The van der Waals surface area contributed by atoms with Crippen molar-refractivity contribution in [2.45, 2.75) is 32.9 Å². The molecule has 1 aromatic heterocycles. The Hall–Kier alpha value is -0.800. The third kappa shape index (κ3) is 2.86. The van der Waals surface area contributed by atoms with E-state index in [1.807, 2.05) is 26.8 Å². The maximum atomic E-state index is 5.75. The van der Waals surface area contributed by atoms with Crippen LogP contribution in [-0.4, -0.2) is 17.1 Å². The number of halogens is 1. The van der Waals surface area contributed by atoms with Gasteiger partial charge in [0.1, 0.15) is 5.15 Å². The number of rotatable bonds is 3. The number of nitrogens with one attached hydrogen (secondary N) is 1. The zero-order valence-electron chi connectivity index (χ0n) is 8.71. The zero-order valence-corrected chi connectivity index (χ0v) is 9.47. The van der Waals surface area contributed by atoms with Crippen LogP contribution in [0.4, 0.5) is 5.69 Å². The highest BCUT2D eigenvalue weighted by Gasteiger charge is 2.08. The van der Waals surface area contributed by atoms with Crippen LogP contribution in [0.1, 0.15) is 19.5 Å². The van der Waals surface area contributed by atoms with Gasteiger partial charge in [0.2, 0.25) is 0 Å². The largest absolute Gasteiger partial charge is 0.380 e. The molecule has 3 N–H and O–H groups in total. The summed E-state index contributed by atoms with van der Waals surface area (Å²) in [4.78, 5) is 4.15. The summed E-state index contributed by atoms with van der Waals surface area (Å²) in [5.74, 6) is 0. The minimum Gasteiger partial charge on any atom is -0.380 e. The topological polar surface area (TPSA) is 50.9 Å². The summed E-state index contributed by atoms with van der Waals surface area (Å²) in [6.07, 6.45) is 0. The Morgan fingerprint density at radius 2 is 2.07 bits per heavy atom. The highest BCUT2D eigenvalue weighted by molar-refractivity contribution is 6.29. The van der Waals surface area contributed by atoms with Crippen LogP contribution in [0.3, 0.4) is 0 Å². The number of aromatic nitrogens is 1. The van der Waals surface area contributed by atoms with Crippen molar-refractivity contribution in [3.63, 3.8) is 0 Å². The van der Waals surface area contributed by atoms with Crippen LogP contribution in [0.25, 0.3) is 0 Å². The lowest BCUT2D eigenvalue weighted by Gasteiger charge is -2.19. The lowest BCUT2D eigenvalue weighted by molar-refractivity contribution is 0.637. The standard InChI is InChI=1S/C10H16ClN3/c1-6(12)7(2)13-9-4-5-10(11)14-8(9)3/h4-7,13H,12H2,1-3H3. The summed E-state index contributed by atoms with van der Waals surface area (Å²) >= 11 is 5.75. The molecule has 0 fully saturated rings. The van der Waals surface area contributed by atoms with Gasteiger partial charge >= 0.3 is 0 Å². The van der Waals surface area contributed by atoms with E-state index >= 15 is 0 Å². The summed E-state index contributed by atoms with van der Waals surface area (Å²) in [6.45, 7) is 5.93. The van der Waals surface area contributed by atoms with Gasteiger partial charge in [0.05, 0.1) is 11.4 Å². The summed E-state index contributed by atoms with van der Waals surface area (Å²) in [5.41, 5.74) is 7.63. The molecule has 0 aromatic carbocycles. The first-order valence-electron chi connectivity index (χ1n) is 4.66. The van der Waals surface area contributed by atoms with E-state index in [0.717, 1.165) is 11.4 Å². The van der Waals surface area contributed by atoms with Gasteiger partial charge in [0.25, 0.3) is 0 Å². The van der Waals surface area contributed by atoms with Gasteiger partial charge in [0, 0.05) is 12.1 Å². The SMILES string of the molecule is Cc1nc(Cl)ccc1NC(C)C(C)N. The summed E-state index contributed by atoms with van der Waals surface area (Å²) in [6, 6.07) is 4.01. The van der Waals surface area contributed by atoms with Crippen molar-refractivity contribution in [3.05, 3.63) is 23.0 Å². The molecule has 1 rings (SSSR count). The molecule has 0 aliphatic heterocycles. The van der Waals surface area contributed by atoms with Crippen molar-refractivity contribution in [2.24, 2.45) is 5.73 Å². The Balaban J connectivity index is 2.77. The molecule has 0 aliphatic carbocycles. The molecule has 1 heterocycles. The predicted molar refractivity (Wildman–Crippen MR) is 60.7 cm³/mol. The Bertz CT molecular complexity index is 312. The molecule has 0 spiro atoms. The number of hydrogen-bond donors (Lipinski definition) is 2. The summed E-state index contributed by atoms with van der Waals surface area (Å²) in [7, 11) is 0. The fourth-order valence-corrected chi connectivity index (χ4v) is 1.25. The van der Waals surface area contributed by atoms with E-state index in [2.05, 4.69) is 10.3 Å². The first-order valence-corrected chi connectivity index (χ1v) is 5.03. The molecular formula is C10H16ClN3. The number of pyridine rings is 1. The maximum Gasteiger partial charge on any atom is 0.129 e. The molecule has 0 aliphatic rings. The second kappa shape index (κ2) is 4.62. The molecule has 1 aromatic rings. The average molecular weight is 214 g/mol. The molecule has 0 radical (unpaired) electrons. The highest BCUT2D eigenvalue weighted by atomic mass is 35.5. The second-order valence-electron chi connectivity index (χ2n) is 3.56. The molecule has 4 heteroatoms. The number of aryl methyl sites for hydroxylation is 1. The van der Waals surface area contributed by atoms with Crippen LogP contribution in [0.15, 0.2) is 12.1 Å². The molecule has 0 bridgehead atoms. The number of nitrogens with two attached hydrogens (primary N) is 1. The van der Waals surface area contributed by atoms with Crippen molar-refractivity contribution < 1.29 is 0 Å². The fraction of sp³-hybridized carbons (Fsp3) is 0.500. The van der Waals surface area contributed by atoms with Crippen molar-refractivity contribution in [2.75, 3.05) is 5.32 Å². The minimum absolute atomic E-state index is 0.102. The number of anilines is 1. The third-order valence-electron chi connectivity index (χ3n) is 2.22. The molecule has 14 heavy (non-hydrogen) atoms. The molecule has 3 nitrogen and oxygen atoms in total. The van der Waals surface area contributed by atoms with Crippen LogP contribution in [0.2, 0.25) is 5.15 Å². The lowest BCUT2D eigenvalue weighted by Crippen LogP contribution is -2.35. The second-order valence-corrected chi connectivity index (χ2v) is 3.95. The van der Waals surface area contributed by atoms with E-state index in [0.29, 0.717) is 5.15 Å². The molecule has 0 saturated carbocycles. The van der Waals surface area contributed by atoms with Crippen LogP contribution < -0.4 is 11.1 Å². The first-order chi connectivity index (χ1) is 6.50. The zero-order chi connectivity index (χ0) is 10.7. The normalized spacial score (nSPS) is 14.9. The smallest absolute Gasteiger partial charge is 0.129 e. The van der Waals surface area contributed by atoms with Crippen LogP contribution in [-0.2, 0) is 0 Å². The van der Waals surface area contributed by atoms with Crippen LogP contribution in [0, 0.1) is 6.92 Å². The van der Waals surface area contributed by atoms with Gasteiger partial charge in [-0.05, 0) is 32.9 Å². The van der Waals surface area contributed by atoms with E-state index in [9.17, 15) is 0 Å². The number of hydrogen-bond acceptors (Lipinski definition) is 3. The van der Waals surface area contributed by atoms with E-state index in [1.165, 1.54) is 0 Å². The highest BCUT2D eigenvalue weighted by Crippen LogP contribution is 2.16. The van der Waals surface area contributed by atoms with E-state index in [1.54, 1.807) is 6.07 Å². The van der Waals surface area contributed by atoms with Crippen LogP contribution >= 0.6 is 11.6 Å². The minimum atomic E-state index is 0.102. The molecular weight excluding hydrogens is 198 g/mol. The van der Waals surface area contributed by atoms with Gasteiger partial charge in [-0.1, -0.05) is 11.6 Å². The van der Waals surface area contributed by atoms with Crippen molar-refractivity contribution in [1.29, 1.82) is 0 Å². The third-order valence-corrected chi connectivity index (χ3v) is 2.43. The summed E-state index contributed by atoms with van der Waals surface area (Å²) < 4.78 is 0. The van der Waals surface area contributed by atoms with Crippen molar-refractivity contribution in [1.82, 2.24) is 4.98 Å². The molecule has 2 atom stereocenters. The first kappa shape index (κ1) is 11.3. The Labute approximate surface area is 89.7 Å². The van der Waals surface area contributed by atoms with E-state index in [4.69, 9.17) is 17.3 Å². The van der Waals surface area contributed by atoms with Gasteiger partial charge < -0.3 is 11.1 Å². The van der Waals surface area contributed by atoms with Gasteiger partial charge in [-0.2, -0.15) is 0 Å². The van der Waals surface area contributed by atoms with E-state index < -0.39 is 0 Å². The summed E-state index contributed by atoms with van der Waals surface area (Å²) in [5, 5.41) is 3.81. The van der Waals surface area contributed by atoms with Gasteiger partial charge in [-0.3, -0.25) is 0 Å². The molecule has 2 unspecified atom stereocenters. The average Bonchev–Trinajstić information content (AvgIpc) is 2.09. The lowest BCUT2D eigenvalue weighted by atomic mass is 10.1.